The first-order chi connectivity index (χ1) is 14.8. The van der Waals surface area contributed by atoms with Crippen molar-refractivity contribution in [1.82, 2.24) is 9.88 Å². The molecule has 0 fully saturated rings. The quantitative estimate of drug-likeness (QED) is 0.461. The van der Waals surface area contributed by atoms with Crippen molar-refractivity contribution in [3.63, 3.8) is 0 Å². The Morgan fingerprint density at radius 2 is 1.94 bits per heavy atom. The van der Waals surface area contributed by atoms with Gasteiger partial charge in [-0.2, -0.15) is 0 Å². The maximum atomic E-state index is 12.6. The average Bonchev–Trinajstić information content (AvgIpc) is 3.36. The first-order valence-corrected chi connectivity index (χ1v) is 12.2. The zero-order valence-corrected chi connectivity index (χ0v) is 19.4. The highest BCUT2D eigenvalue weighted by Crippen LogP contribution is 2.26. The van der Waals surface area contributed by atoms with Crippen LogP contribution < -0.4 is 10.0 Å². The van der Waals surface area contributed by atoms with E-state index in [2.05, 4.69) is 15.2 Å². The molecular weight excluding hydrogens is 458 g/mol. The fourth-order valence-corrected chi connectivity index (χ4v) is 5.09. The number of carbonyl (C=O) groups is 1. The molecule has 0 saturated heterocycles. The second-order valence-electron chi connectivity index (χ2n) is 6.67. The molecule has 1 aromatic carbocycles. The van der Waals surface area contributed by atoms with Gasteiger partial charge in [0.15, 0.2) is 5.76 Å². The van der Waals surface area contributed by atoms with Gasteiger partial charge in [-0.3, -0.25) is 4.79 Å². The van der Waals surface area contributed by atoms with Gasteiger partial charge in [-0.15, -0.1) is 11.3 Å². The van der Waals surface area contributed by atoms with Gasteiger partial charge in [0.25, 0.3) is 0 Å². The van der Waals surface area contributed by atoms with E-state index in [0.29, 0.717) is 35.0 Å². The van der Waals surface area contributed by atoms with Crippen molar-refractivity contribution < 1.29 is 17.7 Å². The smallest absolute Gasteiger partial charge is 0.250 e. The number of sulfonamides is 1. The van der Waals surface area contributed by atoms with E-state index in [4.69, 9.17) is 16.1 Å². The number of nitrogens with one attached hydrogen (secondary N) is 2. The van der Waals surface area contributed by atoms with Crippen LogP contribution >= 0.6 is 22.9 Å². The molecule has 10 heteroatoms. The number of hydrogen-bond donors (Lipinski definition) is 2. The van der Waals surface area contributed by atoms with Gasteiger partial charge in [0.05, 0.1) is 0 Å². The molecule has 3 aromatic rings. The summed E-state index contributed by atoms with van der Waals surface area (Å²) < 4.78 is 33.2. The van der Waals surface area contributed by atoms with E-state index < -0.39 is 10.0 Å². The maximum Gasteiger partial charge on any atom is 0.250 e. The normalized spacial score (nSPS) is 11.8. The summed E-state index contributed by atoms with van der Waals surface area (Å²) in [6.45, 7) is 3.77. The van der Waals surface area contributed by atoms with Crippen LogP contribution in [0.15, 0.2) is 45.1 Å². The van der Waals surface area contributed by atoms with Gasteiger partial charge < -0.3 is 9.84 Å². The van der Waals surface area contributed by atoms with Crippen LogP contribution in [0, 0.1) is 6.92 Å². The SMILES string of the molecule is CCC(=O)Nc1c(C)noc1/C=C/c1ccc(S(=O)(=O)NCCc2ccc(Cl)cc2)s1. The third-order valence-electron chi connectivity index (χ3n) is 4.36. The Morgan fingerprint density at radius 3 is 2.65 bits per heavy atom. The lowest BCUT2D eigenvalue weighted by atomic mass is 10.2. The van der Waals surface area contributed by atoms with Crippen molar-refractivity contribution in [3.05, 3.63) is 63.3 Å². The van der Waals surface area contributed by atoms with Crippen LogP contribution in [0.4, 0.5) is 5.69 Å². The van der Waals surface area contributed by atoms with Crippen molar-refractivity contribution in [3.8, 4) is 0 Å². The minimum absolute atomic E-state index is 0.143. The van der Waals surface area contributed by atoms with E-state index in [1.54, 1.807) is 50.3 Å². The highest BCUT2D eigenvalue weighted by molar-refractivity contribution is 7.91. The summed E-state index contributed by atoms with van der Waals surface area (Å²) in [6.07, 6.45) is 4.27. The Morgan fingerprint density at radius 1 is 1.19 bits per heavy atom. The largest absolute Gasteiger partial charge is 0.354 e. The van der Waals surface area contributed by atoms with Crippen LogP contribution in [-0.2, 0) is 21.2 Å². The lowest BCUT2D eigenvalue weighted by Crippen LogP contribution is -2.25. The molecule has 3 rings (SSSR count). The van der Waals surface area contributed by atoms with Crippen LogP contribution in [-0.4, -0.2) is 26.0 Å². The standard InChI is InChI=1S/C21H22ClN3O4S2/c1-3-19(26)24-21-14(2)25-29-18(21)10-8-17-9-11-20(30-17)31(27,28)23-13-12-15-4-6-16(22)7-5-15/h4-11,23H,3,12-13H2,1-2H3,(H,24,26)/b10-8+. The van der Waals surface area contributed by atoms with Crippen molar-refractivity contribution in [2.75, 3.05) is 11.9 Å². The maximum absolute atomic E-state index is 12.6. The van der Waals surface area contributed by atoms with E-state index in [-0.39, 0.29) is 16.7 Å². The topological polar surface area (TPSA) is 101 Å². The number of anilines is 1. The summed E-state index contributed by atoms with van der Waals surface area (Å²) in [7, 11) is -3.61. The number of carbonyl (C=O) groups excluding carboxylic acids is 1. The zero-order valence-electron chi connectivity index (χ0n) is 17.0. The molecule has 164 valence electrons. The minimum Gasteiger partial charge on any atom is -0.354 e. The third kappa shape index (κ3) is 6.27. The fourth-order valence-electron chi connectivity index (χ4n) is 2.66. The number of halogens is 1. The molecule has 7 nitrogen and oxygen atoms in total. The van der Waals surface area contributed by atoms with Gasteiger partial charge in [0.1, 0.15) is 15.6 Å². The summed E-state index contributed by atoms with van der Waals surface area (Å²) in [5.74, 6) is 0.258. The molecule has 0 spiro atoms. The first-order valence-electron chi connectivity index (χ1n) is 9.56. The van der Waals surface area contributed by atoms with Gasteiger partial charge in [-0.25, -0.2) is 13.1 Å². The number of nitrogens with zero attached hydrogens (tertiary/aromatic N) is 1. The predicted octanol–water partition coefficient (Wildman–Crippen LogP) is 4.74. The van der Waals surface area contributed by atoms with Crippen molar-refractivity contribution in [1.29, 1.82) is 0 Å². The molecule has 0 radical (unpaired) electrons. The molecule has 0 unspecified atom stereocenters. The Kier molecular flexibility index (Phi) is 7.66. The number of benzene rings is 1. The summed E-state index contributed by atoms with van der Waals surface area (Å²) in [5.41, 5.74) is 2.08. The van der Waals surface area contributed by atoms with E-state index in [0.717, 1.165) is 21.8 Å². The average molecular weight is 480 g/mol. The van der Waals surface area contributed by atoms with E-state index >= 15 is 0 Å². The van der Waals surface area contributed by atoms with Gasteiger partial charge in [0, 0.05) is 22.9 Å². The Bertz CT molecular complexity index is 1180. The number of hydrogen-bond acceptors (Lipinski definition) is 6. The fraction of sp³-hybridized carbons (Fsp3) is 0.238. The van der Waals surface area contributed by atoms with Gasteiger partial charge in [-0.1, -0.05) is 35.8 Å². The highest BCUT2D eigenvalue weighted by atomic mass is 35.5. The molecule has 0 aliphatic heterocycles. The molecule has 1 amide bonds. The number of amides is 1. The molecule has 0 aliphatic carbocycles. The van der Waals surface area contributed by atoms with Crippen molar-refractivity contribution >= 4 is 56.7 Å². The number of thiophene rings is 1. The van der Waals surface area contributed by atoms with Gasteiger partial charge in [-0.05, 0) is 55.3 Å². The molecule has 0 aliphatic rings. The van der Waals surface area contributed by atoms with E-state index in [9.17, 15) is 13.2 Å². The summed E-state index contributed by atoms with van der Waals surface area (Å²) in [5, 5.41) is 7.27. The molecule has 31 heavy (non-hydrogen) atoms. The second-order valence-corrected chi connectivity index (χ2v) is 10.2. The zero-order chi connectivity index (χ0) is 22.4. The first kappa shape index (κ1) is 23.2. The minimum atomic E-state index is -3.61. The van der Waals surface area contributed by atoms with Crippen LogP contribution in [0.3, 0.4) is 0 Å². The molecule has 0 bridgehead atoms. The highest BCUT2D eigenvalue weighted by Gasteiger charge is 2.16. The number of rotatable bonds is 9. The van der Waals surface area contributed by atoms with Crippen molar-refractivity contribution in [2.24, 2.45) is 0 Å². The lowest BCUT2D eigenvalue weighted by molar-refractivity contribution is -0.115. The molecular formula is C21H22ClN3O4S2. The Balaban J connectivity index is 1.64. The Hall–Kier alpha value is -2.46. The van der Waals surface area contributed by atoms with Crippen molar-refractivity contribution in [2.45, 2.75) is 30.9 Å². The lowest BCUT2D eigenvalue weighted by Gasteiger charge is -2.05. The van der Waals surface area contributed by atoms with Crippen LogP contribution in [0.25, 0.3) is 12.2 Å². The molecule has 0 atom stereocenters. The monoisotopic (exact) mass is 479 g/mol. The van der Waals surface area contributed by atoms with Crippen LogP contribution in [0.2, 0.25) is 5.02 Å². The van der Waals surface area contributed by atoms with Gasteiger partial charge in [0.2, 0.25) is 15.9 Å². The Labute approximate surface area is 190 Å². The molecule has 2 heterocycles. The summed E-state index contributed by atoms with van der Waals surface area (Å²) in [4.78, 5) is 12.4. The van der Waals surface area contributed by atoms with E-state index in [1.807, 2.05) is 12.1 Å². The molecule has 2 aromatic heterocycles. The van der Waals surface area contributed by atoms with E-state index in [1.165, 1.54) is 0 Å². The summed E-state index contributed by atoms with van der Waals surface area (Å²) >= 11 is 6.99. The number of aryl methyl sites for hydroxylation is 1. The van der Waals surface area contributed by atoms with Crippen LogP contribution in [0.1, 0.15) is 35.2 Å². The molecule has 2 N–H and O–H groups in total. The second kappa shape index (κ2) is 10.2. The third-order valence-corrected chi connectivity index (χ3v) is 7.61. The van der Waals surface area contributed by atoms with Crippen LogP contribution in [0.5, 0.6) is 0 Å². The predicted molar refractivity (Wildman–Crippen MR) is 124 cm³/mol. The number of aromatic nitrogens is 1. The molecule has 0 saturated carbocycles. The van der Waals surface area contributed by atoms with Gasteiger partial charge >= 0.3 is 0 Å². The summed E-state index contributed by atoms with van der Waals surface area (Å²) in [6, 6.07) is 10.6.